The number of nitrogens with zero attached hydrogens (tertiary/aromatic N) is 5. The minimum atomic E-state index is -1.07. The van der Waals surface area contributed by atoms with E-state index in [1.165, 1.54) is 16.3 Å². The van der Waals surface area contributed by atoms with Gasteiger partial charge in [0.25, 0.3) is 5.91 Å². The van der Waals surface area contributed by atoms with Gasteiger partial charge in [0.15, 0.2) is 0 Å². The predicted molar refractivity (Wildman–Crippen MR) is 202 cm³/mol. The Morgan fingerprint density at radius 3 is 2.55 bits per heavy atom. The Labute approximate surface area is 313 Å². The standard InChI is InChI=1S/C38H51N7O7S/c1-9-44-29-15-14-25(41-32(29)24(19-38(6,7)21-46)33(44)23-12-10-16-39-31(23)22(2)51-8)28-20-53-30(40-28)18-27(42-36(50)52-37(3,4)5)34(47)45-17-11-13-26(43-45)35(48)49/h10,12,14-16,20,22,26-27,43,46H,9,11,13,17-19,21H2,1-8H3,(H,42,50)(H,48,49)/t22-,26-,27-/m0/s1. The number of hydrogen-bond donors (Lipinski definition) is 4. The molecule has 0 bridgehead atoms. The van der Waals surface area contributed by atoms with Gasteiger partial charge in [-0.1, -0.05) is 13.8 Å². The number of fused-ring (bicyclic) bond motifs is 1. The van der Waals surface area contributed by atoms with Crippen LogP contribution in [0.25, 0.3) is 33.7 Å². The highest BCUT2D eigenvalue weighted by molar-refractivity contribution is 7.10. The number of carbonyl (C=O) groups excluding carboxylic acids is 2. The number of aromatic nitrogens is 4. The van der Waals surface area contributed by atoms with Gasteiger partial charge in [-0.05, 0) is 83.6 Å². The van der Waals surface area contributed by atoms with Crippen LogP contribution in [0.3, 0.4) is 0 Å². The van der Waals surface area contributed by atoms with Gasteiger partial charge in [-0.2, -0.15) is 0 Å². The number of carboxylic acids is 1. The number of carbonyl (C=O) groups is 3. The minimum Gasteiger partial charge on any atom is -0.480 e. The van der Waals surface area contributed by atoms with Crippen LogP contribution in [-0.4, -0.2) is 90.7 Å². The van der Waals surface area contributed by atoms with Crippen LogP contribution in [0, 0.1) is 5.41 Å². The second kappa shape index (κ2) is 16.3. The first kappa shape index (κ1) is 39.8. The number of aliphatic carboxylic acids is 1. The molecule has 4 N–H and O–H groups in total. The topological polar surface area (TPSA) is 181 Å². The van der Waals surface area contributed by atoms with Gasteiger partial charge in [-0.3, -0.25) is 19.6 Å². The van der Waals surface area contributed by atoms with Gasteiger partial charge in [0.05, 0.1) is 44.9 Å². The number of pyridine rings is 2. The molecule has 5 heterocycles. The van der Waals surface area contributed by atoms with Crippen LogP contribution >= 0.6 is 11.3 Å². The van der Waals surface area contributed by atoms with E-state index in [1.54, 1.807) is 34.1 Å². The van der Waals surface area contributed by atoms with Crippen LogP contribution in [0.4, 0.5) is 4.79 Å². The molecule has 4 aromatic heterocycles. The molecule has 4 aromatic rings. The van der Waals surface area contributed by atoms with E-state index in [2.05, 4.69) is 22.2 Å². The van der Waals surface area contributed by atoms with Gasteiger partial charge < -0.3 is 29.6 Å². The molecule has 3 atom stereocenters. The van der Waals surface area contributed by atoms with E-state index >= 15 is 0 Å². The molecule has 14 nitrogen and oxygen atoms in total. The summed E-state index contributed by atoms with van der Waals surface area (Å²) >= 11 is 1.33. The Bertz CT molecular complexity index is 1950. The molecule has 53 heavy (non-hydrogen) atoms. The van der Waals surface area contributed by atoms with Gasteiger partial charge >= 0.3 is 12.1 Å². The average molecular weight is 750 g/mol. The molecular weight excluding hydrogens is 699 g/mol. The molecule has 2 amide bonds. The van der Waals surface area contributed by atoms with Crippen molar-refractivity contribution in [2.75, 3.05) is 20.3 Å². The van der Waals surface area contributed by atoms with Crippen molar-refractivity contribution in [3.8, 4) is 22.6 Å². The second-order valence-corrected chi connectivity index (χ2v) is 16.1. The van der Waals surface area contributed by atoms with Crippen LogP contribution in [0.1, 0.15) is 83.7 Å². The Morgan fingerprint density at radius 2 is 1.89 bits per heavy atom. The zero-order chi connectivity index (χ0) is 38.7. The number of nitrogens with one attached hydrogen (secondary N) is 2. The first-order valence-corrected chi connectivity index (χ1v) is 18.8. The maximum atomic E-state index is 13.8. The van der Waals surface area contributed by atoms with E-state index in [0.717, 1.165) is 33.5 Å². The number of amides is 2. The zero-order valence-electron chi connectivity index (χ0n) is 31.7. The summed E-state index contributed by atoms with van der Waals surface area (Å²) in [5.41, 5.74) is 8.21. The van der Waals surface area contributed by atoms with Gasteiger partial charge in [-0.15, -0.1) is 11.3 Å². The molecule has 1 aliphatic heterocycles. The number of hydrazine groups is 1. The summed E-state index contributed by atoms with van der Waals surface area (Å²) < 4.78 is 13.4. The number of hydrogen-bond acceptors (Lipinski definition) is 11. The number of aryl methyl sites for hydroxylation is 1. The Hall–Kier alpha value is -4.44. The molecule has 5 rings (SSSR count). The van der Waals surface area contributed by atoms with Crippen molar-refractivity contribution in [2.45, 2.75) is 104 Å². The molecule has 0 saturated carbocycles. The van der Waals surface area contributed by atoms with Crippen LogP contribution < -0.4 is 10.7 Å². The third-order valence-corrected chi connectivity index (χ3v) is 10.0. The lowest BCUT2D eigenvalue weighted by Gasteiger charge is -2.34. The van der Waals surface area contributed by atoms with Gasteiger partial charge in [0.1, 0.15) is 17.7 Å². The van der Waals surface area contributed by atoms with E-state index < -0.39 is 41.1 Å². The van der Waals surface area contributed by atoms with Crippen molar-refractivity contribution < 1.29 is 34.1 Å². The molecule has 0 radical (unpaired) electrons. The SMILES string of the molecule is CCn1c(-c2cccnc2[C@H](C)OC)c(CC(C)(C)CO)c2nc(-c3csc(C[C@H](NC(=O)OC(C)(C)C)C(=O)N4CCC[C@@H](C(=O)O)N4)n3)ccc21. The normalized spacial score (nSPS) is 16.4. The first-order valence-electron chi connectivity index (χ1n) is 17.9. The van der Waals surface area contributed by atoms with Gasteiger partial charge in [0.2, 0.25) is 0 Å². The van der Waals surface area contributed by atoms with Crippen molar-refractivity contribution in [1.82, 2.24) is 35.3 Å². The number of thiazole rings is 1. The fraction of sp³-hybridized carbons (Fsp3) is 0.526. The molecule has 15 heteroatoms. The van der Waals surface area contributed by atoms with Crippen molar-refractivity contribution in [2.24, 2.45) is 5.41 Å². The average Bonchev–Trinajstić information content (AvgIpc) is 3.71. The lowest BCUT2D eigenvalue weighted by molar-refractivity contribution is -0.147. The largest absolute Gasteiger partial charge is 0.480 e. The van der Waals surface area contributed by atoms with Crippen molar-refractivity contribution in [1.29, 1.82) is 0 Å². The fourth-order valence-electron chi connectivity index (χ4n) is 6.48. The molecule has 0 spiro atoms. The van der Waals surface area contributed by atoms with Crippen molar-refractivity contribution in [3.63, 3.8) is 0 Å². The Kier molecular flexibility index (Phi) is 12.2. The van der Waals surface area contributed by atoms with Crippen LogP contribution in [0.2, 0.25) is 0 Å². The lowest BCUT2D eigenvalue weighted by atomic mass is 9.85. The second-order valence-electron chi connectivity index (χ2n) is 15.1. The van der Waals surface area contributed by atoms with E-state index in [9.17, 15) is 24.6 Å². The summed E-state index contributed by atoms with van der Waals surface area (Å²) in [5, 5.41) is 26.3. The van der Waals surface area contributed by atoms with Crippen molar-refractivity contribution >= 4 is 40.3 Å². The smallest absolute Gasteiger partial charge is 0.408 e. The summed E-state index contributed by atoms with van der Waals surface area (Å²) in [4.78, 5) is 53.1. The summed E-state index contributed by atoms with van der Waals surface area (Å²) in [7, 11) is 1.66. The number of carboxylic acid groups (broad SMARTS) is 1. The highest BCUT2D eigenvalue weighted by Crippen LogP contribution is 2.40. The summed E-state index contributed by atoms with van der Waals surface area (Å²) in [6.45, 7) is 14.2. The van der Waals surface area contributed by atoms with Gasteiger partial charge in [0, 0.05) is 55.9 Å². The Morgan fingerprint density at radius 1 is 1.13 bits per heavy atom. The molecule has 1 saturated heterocycles. The minimum absolute atomic E-state index is 0.0180. The Balaban J connectivity index is 1.54. The van der Waals surface area contributed by atoms with Gasteiger partial charge in [-0.25, -0.2) is 20.2 Å². The van der Waals surface area contributed by atoms with Crippen LogP contribution in [-0.2, 0) is 38.4 Å². The quantitative estimate of drug-likeness (QED) is 0.135. The molecule has 0 aliphatic carbocycles. The number of methoxy groups -OCH3 is 1. The van der Waals surface area contributed by atoms with Crippen LogP contribution in [0.5, 0.6) is 0 Å². The molecule has 0 aromatic carbocycles. The maximum absolute atomic E-state index is 13.8. The number of ether oxygens (including phenoxy) is 2. The number of rotatable bonds is 13. The maximum Gasteiger partial charge on any atom is 0.408 e. The van der Waals surface area contributed by atoms with Crippen molar-refractivity contribution in [3.05, 3.63) is 52.1 Å². The third-order valence-electron chi connectivity index (χ3n) is 9.17. The first-order chi connectivity index (χ1) is 25.1. The number of aliphatic hydroxyl groups is 1. The monoisotopic (exact) mass is 749 g/mol. The summed E-state index contributed by atoms with van der Waals surface area (Å²) in [5.74, 6) is -1.54. The highest BCUT2D eigenvalue weighted by atomic mass is 32.1. The molecule has 1 aliphatic rings. The fourth-order valence-corrected chi connectivity index (χ4v) is 7.31. The number of alkyl carbamates (subject to hydrolysis) is 1. The van der Waals surface area contributed by atoms with Crippen LogP contribution in [0.15, 0.2) is 35.8 Å². The predicted octanol–water partition coefficient (Wildman–Crippen LogP) is 5.53. The summed E-state index contributed by atoms with van der Waals surface area (Å²) in [6.07, 6.45) is 2.22. The molecule has 0 unspecified atom stereocenters. The molecule has 1 fully saturated rings. The van der Waals surface area contributed by atoms with E-state index in [1.807, 2.05) is 50.4 Å². The number of aliphatic hydroxyl groups excluding tert-OH is 1. The highest BCUT2D eigenvalue weighted by Gasteiger charge is 2.34. The zero-order valence-corrected chi connectivity index (χ0v) is 32.5. The molecule has 286 valence electrons. The molecular formula is C38H51N7O7S. The van der Waals surface area contributed by atoms with E-state index in [-0.39, 0.29) is 19.1 Å². The summed E-state index contributed by atoms with van der Waals surface area (Å²) in [6, 6.07) is 5.93. The third kappa shape index (κ3) is 9.21. The van der Waals surface area contributed by atoms with E-state index in [4.69, 9.17) is 24.4 Å². The lowest BCUT2D eigenvalue weighted by Crippen LogP contribution is -2.60. The van der Waals surface area contributed by atoms with E-state index in [0.29, 0.717) is 48.7 Å².